The Labute approximate surface area is 326 Å². The molecule has 0 aliphatic carbocycles. The summed E-state index contributed by atoms with van der Waals surface area (Å²) in [4.78, 5) is 56.1. The number of ketones is 1. The molecule has 2 unspecified atom stereocenters. The molecule has 306 valence electrons. The Hall–Kier alpha value is -4.17. The van der Waals surface area contributed by atoms with Gasteiger partial charge in [-0.15, -0.1) is 0 Å². The lowest BCUT2D eigenvalue weighted by Crippen LogP contribution is -2.46. The third-order valence-corrected chi connectivity index (χ3v) is 11.6. The molecular formula is C41H63N5O8S. The van der Waals surface area contributed by atoms with Crippen molar-refractivity contribution < 1.29 is 27.5 Å². The highest BCUT2D eigenvalue weighted by Gasteiger charge is 2.40. The number of amides is 1. The van der Waals surface area contributed by atoms with Gasteiger partial charge in [-0.05, 0) is 50.1 Å². The third kappa shape index (κ3) is 12.9. The Morgan fingerprint density at radius 1 is 0.818 bits per heavy atom. The van der Waals surface area contributed by atoms with E-state index in [2.05, 4.69) is 17.6 Å². The van der Waals surface area contributed by atoms with Crippen molar-refractivity contribution in [2.24, 2.45) is 5.41 Å². The normalized spacial score (nSPS) is 13.0. The van der Waals surface area contributed by atoms with E-state index in [0.717, 1.165) is 30.3 Å². The van der Waals surface area contributed by atoms with Crippen LogP contribution in [0.25, 0.3) is 5.69 Å². The molecule has 1 aromatic heterocycles. The van der Waals surface area contributed by atoms with Crippen LogP contribution in [0.4, 0.5) is 11.4 Å². The first-order chi connectivity index (χ1) is 26.2. The minimum atomic E-state index is -3.47. The van der Waals surface area contributed by atoms with Crippen LogP contribution in [0.2, 0.25) is 0 Å². The van der Waals surface area contributed by atoms with E-state index in [1.165, 1.54) is 61.9 Å². The molecular weight excluding hydrogens is 723 g/mol. The predicted molar refractivity (Wildman–Crippen MR) is 219 cm³/mol. The number of carbonyl (C=O) groups is 2. The van der Waals surface area contributed by atoms with Gasteiger partial charge in [0.1, 0.15) is 12.5 Å². The van der Waals surface area contributed by atoms with E-state index in [4.69, 9.17) is 9.47 Å². The maximum absolute atomic E-state index is 14.2. The molecule has 0 saturated carbocycles. The van der Waals surface area contributed by atoms with Crippen LogP contribution >= 0.6 is 0 Å². The first-order valence-electron chi connectivity index (χ1n) is 19.8. The van der Waals surface area contributed by atoms with Crippen molar-refractivity contribution in [1.29, 1.82) is 0 Å². The molecule has 0 saturated heterocycles. The summed E-state index contributed by atoms with van der Waals surface area (Å²) < 4.78 is 40.1. The molecule has 2 N–H and O–H groups in total. The van der Waals surface area contributed by atoms with Gasteiger partial charge in [-0.1, -0.05) is 117 Å². The Bertz CT molecular complexity index is 1890. The zero-order chi connectivity index (χ0) is 40.6. The van der Waals surface area contributed by atoms with Crippen LogP contribution in [0.15, 0.2) is 58.1 Å². The summed E-state index contributed by atoms with van der Waals surface area (Å²) in [6, 6.07) is 11.6. The molecule has 1 amide bonds. The summed E-state index contributed by atoms with van der Waals surface area (Å²) in [5.41, 5.74) is -2.69. The topological polar surface area (TPSA) is 160 Å². The Kier molecular flexibility index (Phi) is 17.9. The molecule has 0 aliphatic heterocycles. The first-order valence-corrected chi connectivity index (χ1v) is 21.5. The zero-order valence-electron chi connectivity index (χ0n) is 33.9. The molecule has 14 heteroatoms. The predicted octanol–water partition coefficient (Wildman–Crippen LogP) is 7.47. The standard InChI is InChI=1S/C41H63N5O8S/c1-8-10-12-13-14-15-16-17-18-22-28-55(51,52)31(3)54-30-42-32-25-26-35(53-7)34(29-32)43-38(48)36(37(47)41(4,5)6)45-39(49)44(27-11-9-2)46(40(45)50)33-23-20-19-21-24-33/h19-21,23-26,29,31,36,42H,8-18,22,27-28,30H2,1-7H3,(H,43,48). The lowest BCUT2D eigenvalue weighted by atomic mass is 9.86. The summed E-state index contributed by atoms with van der Waals surface area (Å²) in [6.07, 6.45) is 12.5. The third-order valence-electron chi connectivity index (χ3n) is 9.61. The van der Waals surface area contributed by atoms with E-state index >= 15 is 0 Å². The molecule has 2 atom stereocenters. The van der Waals surface area contributed by atoms with Crippen LogP contribution in [-0.4, -0.2) is 59.1 Å². The lowest BCUT2D eigenvalue weighted by molar-refractivity contribution is -0.135. The fourth-order valence-electron chi connectivity index (χ4n) is 6.22. The van der Waals surface area contributed by atoms with Crippen molar-refractivity contribution in [1.82, 2.24) is 13.9 Å². The number of nitrogens with zero attached hydrogens (tertiary/aromatic N) is 3. The highest BCUT2D eigenvalue weighted by atomic mass is 32.2. The molecule has 3 rings (SSSR count). The Morgan fingerprint density at radius 3 is 2.00 bits per heavy atom. The second-order valence-corrected chi connectivity index (χ2v) is 17.5. The van der Waals surface area contributed by atoms with Crippen LogP contribution in [0.1, 0.15) is 125 Å². The van der Waals surface area contributed by atoms with Gasteiger partial charge in [0.25, 0.3) is 5.91 Å². The lowest BCUT2D eigenvalue weighted by Gasteiger charge is -2.24. The molecule has 0 bridgehead atoms. The number of Topliss-reactive ketones (excluding diaryl/α,β-unsaturated/α-hetero) is 1. The quantitative estimate of drug-likeness (QED) is 0.0505. The highest BCUT2D eigenvalue weighted by molar-refractivity contribution is 7.91. The average molecular weight is 786 g/mol. The SMILES string of the molecule is CCCCCCCCCCCCS(=O)(=O)C(C)OCNc1ccc(OC)c(NC(=O)C(C(=O)C(C)(C)C)n2c(=O)n(CCCC)n(-c3ccccc3)c2=O)c1. The van der Waals surface area contributed by atoms with Crippen LogP contribution in [0, 0.1) is 5.41 Å². The van der Waals surface area contributed by atoms with Crippen LogP contribution in [0.3, 0.4) is 0 Å². The van der Waals surface area contributed by atoms with Crippen molar-refractivity contribution in [3.63, 3.8) is 0 Å². The minimum Gasteiger partial charge on any atom is -0.495 e. The van der Waals surface area contributed by atoms with Gasteiger partial charge in [0.2, 0.25) is 0 Å². The zero-order valence-corrected chi connectivity index (χ0v) is 34.7. The number of methoxy groups -OCH3 is 1. The summed E-state index contributed by atoms with van der Waals surface area (Å²) in [5.74, 6) is -1.22. The van der Waals surface area contributed by atoms with E-state index in [1.54, 1.807) is 69.3 Å². The van der Waals surface area contributed by atoms with E-state index in [-0.39, 0.29) is 30.5 Å². The minimum absolute atomic E-state index is 0.0549. The van der Waals surface area contributed by atoms with Gasteiger partial charge >= 0.3 is 11.4 Å². The number of unbranched alkanes of at least 4 members (excludes halogenated alkanes) is 10. The van der Waals surface area contributed by atoms with Gasteiger partial charge in [0, 0.05) is 17.6 Å². The molecule has 1 heterocycles. The summed E-state index contributed by atoms with van der Waals surface area (Å²) >= 11 is 0. The number of para-hydroxylation sites is 1. The highest BCUT2D eigenvalue weighted by Crippen LogP contribution is 2.30. The van der Waals surface area contributed by atoms with E-state index < -0.39 is 49.8 Å². The molecule has 0 fully saturated rings. The van der Waals surface area contributed by atoms with Crippen LogP contribution in [0.5, 0.6) is 5.75 Å². The number of benzene rings is 2. The first kappa shape index (κ1) is 45.2. The average Bonchev–Trinajstić information content (AvgIpc) is 3.39. The van der Waals surface area contributed by atoms with Crippen molar-refractivity contribution in [2.75, 3.05) is 30.2 Å². The van der Waals surface area contributed by atoms with Gasteiger partial charge in [-0.2, -0.15) is 4.68 Å². The van der Waals surface area contributed by atoms with Crippen molar-refractivity contribution in [3.05, 3.63) is 69.5 Å². The maximum atomic E-state index is 14.2. The molecule has 0 aliphatic rings. The van der Waals surface area contributed by atoms with Crippen molar-refractivity contribution >= 4 is 32.9 Å². The van der Waals surface area contributed by atoms with Crippen LogP contribution in [-0.2, 0) is 30.7 Å². The van der Waals surface area contributed by atoms with Gasteiger partial charge in [0.15, 0.2) is 27.1 Å². The summed E-state index contributed by atoms with van der Waals surface area (Å²) in [5, 5.41) is 5.74. The van der Waals surface area contributed by atoms with Crippen molar-refractivity contribution in [3.8, 4) is 11.4 Å². The molecule has 13 nitrogen and oxygen atoms in total. The van der Waals surface area contributed by atoms with Gasteiger partial charge in [-0.3, -0.25) is 9.59 Å². The number of sulfone groups is 1. The maximum Gasteiger partial charge on any atom is 0.353 e. The van der Waals surface area contributed by atoms with E-state index in [1.807, 2.05) is 6.92 Å². The van der Waals surface area contributed by atoms with Gasteiger partial charge in [-0.25, -0.2) is 27.3 Å². The number of anilines is 2. The number of aromatic nitrogens is 3. The van der Waals surface area contributed by atoms with Gasteiger partial charge in [0.05, 0.1) is 24.2 Å². The van der Waals surface area contributed by atoms with E-state index in [0.29, 0.717) is 24.2 Å². The number of nitrogens with one attached hydrogen (secondary N) is 2. The molecule has 0 spiro atoms. The molecule has 2 aromatic carbocycles. The monoisotopic (exact) mass is 785 g/mol. The Morgan fingerprint density at radius 2 is 1.42 bits per heavy atom. The summed E-state index contributed by atoms with van der Waals surface area (Å²) in [6.45, 7) is 10.6. The molecule has 0 radical (unpaired) electrons. The smallest absolute Gasteiger partial charge is 0.353 e. The molecule has 55 heavy (non-hydrogen) atoms. The second-order valence-electron chi connectivity index (χ2n) is 15.1. The second kappa shape index (κ2) is 21.8. The number of carbonyl (C=O) groups excluding carboxylic acids is 2. The molecule has 3 aromatic rings. The number of hydrogen-bond donors (Lipinski definition) is 2. The fourth-order valence-corrected chi connectivity index (χ4v) is 7.44. The Balaban J connectivity index is 1.75. The largest absolute Gasteiger partial charge is 0.495 e. The van der Waals surface area contributed by atoms with Crippen molar-refractivity contribution in [2.45, 2.75) is 137 Å². The number of rotatable bonds is 25. The number of ether oxygens (including phenoxy) is 2. The van der Waals surface area contributed by atoms with Gasteiger partial charge < -0.3 is 20.1 Å². The van der Waals surface area contributed by atoms with E-state index in [9.17, 15) is 27.6 Å². The summed E-state index contributed by atoms with van der Waals surface area (Å²) in [7, 11) is -2.06. The number of hydrogen-bond acceptors (Lipinski definition) is 9. The fraction of sp³-hybridized carbons (Fsp3) is 0.610. The van der Waals surface area contributed by atoms with Crippen LogP contribution < -0.4 is 26.7 Å².